The lowest BCUT2D eigenvalue weighted by Gasteiger charge is -2.18. The third-order valence-electron chi connectivity index (χ3n) is 4.00. The molecule has 0 aliphatic carbocycles. The van der Waals surface area contributed by atoms with Gasteiger partial charge in [0.2, 0.25) is 11.7 Å². The van der Waals surface area contributed by atoms with Gasteiger partial charge in [-0.25, -0.2) is 4.98 Å². The quantitative estimate of drug-likeness (QED) is 0.718. The Kier molecular flexibility index (Phi) is 4.91. The van der Waals surface area contributed by atoms with E-state index in [4.69, 9.17) is 11.6 Å². The standard InChI is InChI=1S/C18H15ClF3N3O/c1-11(16(26)23-10-12-6-8-13(19)9-7-12)25-15-5-3-2-4-14(15)24-17(25)18(20,21)22/h2-9,11H,10H2,1H3,(H,23,26). The molecule has 136 valence electrons. The number of hydrogen-bond acceptors (Lipinski definition) is 2. The first kappa shape index (κ1) is 18.3. The molecule has 2 aromatic carbocycles. The summed E-state index contributed by atoms with van der Waals surface area (Å²) in [5.41, 5.74) is 1.24. The van der Waals surface area contributed by atoms with Gasteiger partial charge in [-0.3, -0.25) is 4.79 Å². The van der Waals surface area contributed by atoms with Crippen molar-refractivity contribution in [1.29, 1.82) is 0 Å². The molecule has 0 bridgehead atoms. The summed E-state index contributed by atoms with van der Waals surface area (Å²) in [4.78, 5) is 16.1. The molecule has 4 nitrogen and oxygen atoms in total. The Hall–Kier alpha value is -2.54. The van der Waals surface area contributed by atoms with Crippen molar-refractivity contribution >= 4 is 28.5 Å². The van der Waals surface area contributed by atoms with Crippen LogP contribution in [0.1, 0.15) is 24.4 Å². The summed E-state index contributed by atoms with van der Waals surface area (Å²) in [5, 5.41) is 3.21. The molecule has 1 unspecified atom stereocenters. The number of aromatic nitrogens is 2. The largest absolute Gasteiger partial charge is 0.449 e. The fourth-order valence-electron chi connectivity index (χ4n) is 2.69. The predicted molar refractivity (Wildman–Crippen MR) is 92.7 cm³/mol. The molecule has 3 aromatic rings. The molecular weight excluding hydrogens is 367 g/mol. The van der Waals surface area contributed by atoms with Crippen molar-refractivity contribution in [2.45, 2.75) is 25.7 Å². The van der Waals surface area contributed by atoms with Crippen molar-refractivity contribution in [2.24, 2.45) is 0 Å². The normalized spacial score (nSPS) is 13.0. The number of rotatable bonds is 4. The first-order valence-electron chi connectivity index (χ1n) is 7.83. The van der Waals surface area contributed by atoms with E-state index in [1.165, 1.54) is 19.1 Å². The van der Waals surface area contributed by atoms with Crippen LogP contribution in [0.4, 0.5) is 13.2 Å². The average molecular weight is 382 g/mol. The molecule has 0 fully saturated rings. The summed E-state index contributed by atoms with van der Waals surface area (Å²) in [7, 11) is 0. The lowest BCUT2D eigenvalue weighted by atomic mass is 10.2. The monoisotopic (exact) mass is 381 g/mol. The van der Waals surface area contributed by atoms with Crippen LogP contribution in [-0.2, 0) is 17.5 Å². The third kappa shape index (κ3) is 3.67. The molecule has 1 N–H and O–H groups in total. The van der Waals surface area contributed by atoms with Crippen molar-refractivity contribution in [3.05, 3.63) is 64.9 Å². The predicted octanol–water partition coefficient (Wildman–Crippen LogP) is 4.59. The molecule has 1 atom stereocenters. The van der Waals surface area contributed by atoms with Gasteiger partial charge < -0.3 is 9.88 Å². The van der Waals surface area contributed by atoms with Crippen molar-refractivity contribution < 1.29 is 18.0 Å². The number of nitrogens with zero attached hydrogens (tertiary/aromatic N) is 2. The molecule has 0 spiro atoms. The number of para-hydroxylation sites is 2. The number of carbonyl (C=O) groups excluding carboxylic acids is 1. The van der Waals surface area contributed by atoms with E-state index in [1.54, 1.807) is 36.4 Å². The van der Waals surface area contributed by atoms with E-state index < -0.39 is 23.9 Å². The summed E-state index contributed by atoms with van der Waals surface area (Å²) in [6, 6.07) is 12.0. The second-order valence-corrected chi connectivity index (χ2v) is 6.25. The van der Waals surface area contributed by atoms with Crippen LogP contribution in [0.3, 0.4) is 0 Å². The molecule has 0 aliphatic rings. The zero-order valence-electron chi connectivity index (χ0n) is 13.7. The zero-order valence-corrected chi connectivity index (χ0v) is 14.5. The fraction of sp³-hybridized carbons (Fsp3) is 0.222. The van der Waals surface area contributed by atoms with Crippen LogP contribution in [0, 0.1) is 0 Å². The topological polar surface area (TPSA) is 46.9 Å². The first-order chi connectivity index (χ1) is 12.3. The van der Waals surface area contributed by atoms with Crippen LogP contribution in [0.2, 0.25) is 5.02 Å². The van der Waals surface area contributed by atoms with Crippen molar-refractivity contribution in [3.8, 4) is 0 Å². The molecule has 1 heterocycles. The van der Waals surface area contributed by atoms with Gasteiger partial charge in [-0.1, -0.05) is 35.9 Å². The minimum Gasteiger partial charge on any atom is -0.350 e. The van der Waals surface area contributed by atoms with Gasteiger partial charge in [-0.15, -0.1) is 0 Å². The number of fused-ring (bicyclic) bond motifs is 1. The summed E-state index contributed by atoms with van der Waals surface area (Å²) in [6.45, 7) is 1.61. The van der Waals surface area contributed by atoms with Gasteiger partial charge in [0.05, 0.1) is 11.0 Å². The number of halogens is 4. The lowest BCUT2D eigenvalue weighted by molar-refractivity contribution is -0.148. The van der Waals surface area contributed by atoms with Gasteiger partial charge in [-0.05, 0) is 36.8 Å². The zero-order chi connectivity index (χ0) is 18.9. The molecule has 0 saturated heterocycles. The van der Waals surface area contributed by atoms with Gasteiger partial charge >= 0.3 is 6.18 Å². The average Bonchev–Trinajstić information content (AvgIpc) is 3.00. The number of hydrogen-bond donors (Lipinski definition) is 1. The number of alkyl halides is 3. The smallest absolute Gasteiger partial charge is 0.350 e. The Morgan fingerprint density at radius 2 is 1.85 bits per heavy atom. The Bertz CT molecular complexity index is 935. The molecule has 3 rings (SSSR count). The van der Waals surface area contributed by atoms with Gasteiger partial charge in [0.1, 0.15) is 6.04 Å². The molecular formula is C18H15ClF3N3O. The molecule has 26 heavy (non-hydrogen) atoms. The fourth-order valence-corrected chi connectivity index (χ4v) is 2.82. The number of carbonyl (C=O) groups is 1. The summed E-state index contributed by atoms with van der Waals surface area (Å²) in [6.07, 6.45) is -4.66. The minimum absolute atomic E-state index is 0.189. The maximum absolute atomic E-state index is 13.4. The maximum atomic E-state index is 13.4. The second-order valence-electron chi connectivity index (χ2n) is 5.81. The van der Waals surface area contributed by atoms with Gasteiger partial charge in [0.15, 0.2) is 0 Å². The molecule has 1 amide bonds. The number of nitrogens with one attached hydrogen (secondary N) is 1. The van der Waals surface area contributed by atoms with Gasteiger partial charge in [0.25, 0.3) is 0 Å². The van der Waals surface area contributed by atoms with Crippen molar-refractivity contribution in [1.82, 2.24) is 14.9 Å². The van der Waals surface area contributed by atoms with E-state index in [0.717, 1.165) is 10.1 Å². The van der Waals surface area contributed by atoms with E-state index in [9.17, 15) is 18.0 Å². The highest BCUT2D eigenvalue weighted by Crippen LogP contribution is 2.33. The van der Waals surface area contributed by atoms with E-state index in [2.05, 4.69) is 10.3 Å². The molecule has 0 aliphatic heterocycles. The van der Waals surface area contributed by atoms with Crippen LogP contribution in [0.25, 0.3) is 11.0 Å². The van der Waals surface area contributed by atoms with E-state index in [-0.39, 0.29) is 17.6 Å². The highest BCUT2D eigenvalue weighted by molar-refractivity contribution is 6.30. The molecule has 0 saturated carbocycles. The summed E-state index contributed by atoms with van der Waals surface area (Å²) in [5.74, 6) is -1.62. The maximum Gasteiger partial charge on any atom is 0.449 e. The number of amides is 1. The molecule has 8 heteroatoms. The minimum atomic E-state index is -4.66. The summed E-state index contributed by atoms with van der Waals surface area (Å²) >= 11 is 5.80. The van der Waals surface area contributed by atoms with Crippen LogP contribution in [0.5, 0.6) is 0 Å². The van der Waals surface area contributed by atoms with Crippen molar-refractivity contribution in [2.75, 3.05) is 0 Å². The highest BCUT2D eigenvalue weighted by atomic mass is 35.5. The van der Waals surface area contributed by atoms with Crippen LogP contribution in [0.15, 0.2) is 48.5 Å². The van der Waals surface area contributed by atoms with Crippen molar-refractivity contribution in [3.63, 3.8) is 0 Å². The first-order valence-corrected chi connectivity index (χ1v) is 8.21. The van der Waals surface area contributed by atoms with E-state index in [1.807, 2.05) is 0 Å². The lowest BCUT2D eigenvalue weighted by Crippen LogP contribution is -2.32. The Morgan fingerprint density at radius 1 is 1.19 bits per heavy atom. The Morgan fingerprint density at radius 3 is 2.50 bits per heavy atom. The molecule has 1 aromatic heterocycles. The van der Waals surface area contributed by atoms with Crippen LogP contribution < -0.4 is 5.32 Å². The highest BCUT2D eigenvalue weighted by Gasteiger charge is 2.39. The van der Waals surface area contributed by atoms with Gasteiger partial charge in [-0.2, -0.15) is 13.2 Å². The number of benzene rings is 2. The second kappa shape index (κ2) is 6.99. The number of imidazole rings is 1. The van der Waals surface area contributed by atoms with Crippen LogP contribution >= 0.6 is 11.6 Å². The van der Waals surface area contributed by atoms with E-state index in [0.29, 0.717) is 5.02 Å². The third-order valence-corrected chi connectivity index (χ3v) is 4.25. The van der Waals surface area contributed by atoms with E-state index >= 15 is 0 Å². The van der Waals surface area contributed by atoms with Crippen LogP contribution in [-0.4, -0.2) is 15.5 Å². The van der Waals surface area contributed by atoms with Gasteiger partial charge in [0, 0.05) is 11.6 Å². The Balaban J connectivity index is 1.87. The SMILES string of the molecule is CC(C(=O)NCc1ccc(Cl)cc1)n1c(C(F)(F)F)nc2ccccc21. The Labute approximate surface area is 152 Å². The summed E-state index contributed by atoms with van der Waals surface area (Å²) < 4.78 is 41.0. The molecule has 0 radical (unpaired) electrons.